The van der Waals surface area contributed by atoms with E-state index in [0.717, 1.165) is 16.9 Å². The van der Waals surface area contributed by atoms with Crippen LogP contribution in [0, 0.1) is 5.92 Å². The molecule has 1 aliphatic rings. The first-order chi connectivity index (χ1) is 16.1. The van der Waals surface area contributed by atoms with Gasteiger partial charge in [-0.15, -0.1) is 16.8 Å². The van der Waals surface area contributed by atoms with Gasteiger partial charge in [0.1, 0.15) is 5.75 Å². The number of rotatable bonds is 11. The van der Waals surface area contributed by atoms with Crippen LogP contribution in [0.5, 0.6) is 5.75 Å². The Bertz CT molecular complexity index is 1090. The van der Waals surface area contributed by atoms with Crippen molar-refractivity contribution in [2.75, 3.05) is 12.9 Å². The van der Waals surface area contributed by atoms with Crippen LogP contribution in [-0.2, 0) is 17.9 Å². The van der Waals surface area contributed by atoms with E-state index in [0.29, 0.717) is 35.7 Å². The summed E-state index contributed by atoms with van der Waals surface area (Å²) in [5.74, 6) is 2.47. The lowest BCUT2D eigenvalue weighted by molar-refractivity contribution is -0.131. The lowest BCUT2D eigenvalue weighted by atomic mass is 10.1. The van der Waals surface area contributed by atoms with Crippen molar-refractivity contribution in [1.29, 1.82) is 0 Å². The second-order valence-corrected chi connectivity index (χ2v) is 9.22. The third kappa shape index (κ3) is 5.47. The average Bonchev–Trinajstić information content (AvgIpc) is 3.63. The fourth-order valence-corrected chi connectivity index (χ4v) is 4.83. The highest BCUT2D eigenvalue weighted by Gasteiger charge is 2.34. The van der Waals surface area contributed by atoms with Crippen LogP contribution >= 0.6 is 11.8 Å². The molecule has 33 heavy (non-hydrogen) atoms. The van der Waals surface area contributed by atoms with Gasteiger partial charge in [0.05, 0.1) is 18.4 Å². The monoisotopic (exact) mass is 462 g/mol. The molecule has 1 heterocycles. The van der Waals surface area contributed by atoms with Gasteiger partial charge in [-0.1, -0.05) is 60.3 Å². The number of amides is 1. The number of thioether (sulfide) groups is 1. The van der Waals surface area contributed by atoms with E-state index >= 15 is 0 Å². The molecule has 172 valence electrons. The number of hydrogen-bond donors (Lipinski definition) is 0. The molecule has 1 amide bonds. The largest absolute Gasteiger partial charge is 0.496 e. The van der Waals surface area contributed by atoms with Crippen LogP contribution in [0.3, 0.4) is 0 Å². The Balaban J connectivity index is 1.52. The maximum absolute atomic E-state index is 13.3. The molecule has 0 N–H and O–H groups in total. The van der Waals surface area contributed by atoms with Crippen molar-refractivity contribution >= 4 is 17.7 Å². The first-order valence-corrected chi connectivity index (χ1v) is 12.2. The minimum atomic E-state index is 0.121. The van der Waals surface area contributed by atoms with Gasteiger partial charge in [-0.2, -0.15) is 0 Å². The van der Waals surface area contributed by atoms with Crippen molar-refractivity contribution in [2.24, 2.45) is 5.92 Å². The van der Waals surface area contributed by atoms with Gasteiger partial charge >= 0.3 is 0 Å². The van der Waals surface area contributed by atoms with Crippen molar-refractivity contribution in [2.45, 2.75) is 44.1 Å². The van der Waals surface area contributed by atoms with E-state index in [4.69, 9.17) is 4.74 Å². The Morgan fingerprint density at radius 2 is 1.94 bits per heavy atom. The standard InChI is InChI=1S/C26H30N4O2S/c1-4-16-29-25(22-12-8-9-13-23(22)32-3)27-28-26(29)33-18-24(31)30(19(2)21-14-15-21)17-20-10-6-5-7-11-20/h4-13,19,21H,1,14-18H2,2-3H3. The number of benzene rings is 2. The zero-order chi connectivity index (χ0) is 23.2. The molecule has 2 aromatic carbocycles. The van der Waals surface area contributed by atoms with Gasteiger partial charge in [-0.3, -0.25) is 9.36 Å². The zero-order valence-electron chi connectivity index (χ0n) is 19.2. The number of allylic oxidation sites excluding steroid dienone is 1. The van der Waals surface area contributed by atoms with Gasteiger partial charge in [-0.05, 0) is 43.4 Å². The molecular formula is C26H30N4O2S. The Hall–Kier alpha value is -3.06. The van der Waals surface area contributed by atoms with E-state index in [1.165, 1.54) is 24.6 Å². The Labute approximate surface area is 199 Å². The summed E-state index contributed by atoms with van der Waals surface area (Å²) >= 11 is 1.42. The summed E-state index contributed by atoms with van der Waals surface area (Å²) < 4.78 is 7.49. The van der Waals surface area contributed by atoms with Crippen molar-refractivity contribution in [3.05, 3.63) is 72.8 Å². The van der Waals surface area contributed by atoms with Crippen molar-refractivity contribution in [3.8, 4) is 17.1 Å². The quantitative estimate of drug-likeness (QED) is 0.294. The van der Waals surface area contributed by atoms with Gasteiger partial charge in [0.2, 0.25) is 5.91 Å². The van der Waals surface area contributed by atoms with E-state index in [2.05, 4.69) is 35.8 Å². The SMILES string of the molecule is C=CCn1c(SCC(=O)N(Cc2ccccc2)C(C)C2CC2)nnc1-c1ccccc1OC. The molecule has 1 atom stereocenters. The van der Waals surface area contributed by atoms with E-state index < -0.39 is 0 Å². The minimum Gasteiger partial charge on any atom is -0.496 e. The van der Waals surface area contributed by atoms with Crippen LogP contribution in [0.4, 0.5) is 0 Å². The predicted octanol–water partition coefficient (Wildman–Crippen LogP) is 5.06. The molecule has 7 heteroatoms. The highest BCUT2D eigenvalue weighted by molar-refractivity contribution is 7.99. The lowest BCUT2D eigenvalue weighted by Crippen LogP contribution is -2.40. The molecule has 1 unspecified atom stereocenters. The number of aromatic nitrogens is 3. The molecule has 0 bridgehead atoms. The van der Waals surface area contributed by atoms with Crippen LogP contribution in [-0.4, -0.2) is 44.5 Å². The summed E-state index contributed by atoms with van der Waals surface area (Å²) in [6, 6.07) is 18.2. The van der Waals surface area contributed by atoms with Crippen molar-refractivity contribution < 1.29 is 9.53 Å². The van der Waals surface area contributed by atoms with Gasteiger partial charge in [-0.25, -0.2) is 0 Å². The fourth-order valence-electron chi connectivity index (χ4n) is 4.00. The van der Waals surface area contributed by atoms with E-state index in [1.807, 2.05) is 58.0 Å². The molecule has 1 aromatic heterocycles. The summed E-state index contributed by atoms with van der Waals surface area (Å²) in [6.45, 7) is 7.23. The Morgan fingerprint density at radius 1 is 1.21 bits per heavy atom. The fraction of sp³-hybridized carbons (Fsp3) is 0.346. The number of nitrogens with zero attached hydrogens (tertiary/aromatic N) is 4. The number of hydrogen-bond acceptors (Lipinski definition) is 5. The van der Waals surface area contributed by atoms with Crippen LogP contribution in [0.2, 0.25) is 0 Å². The van der Waals surface area contributed by atoms with Crippen LogP contribution in [0.15, 0.2) is 72.4 Å². The summed E-state index contributed by atoms with van der Waals surface area (Å²) in [7, 11) is 1.64. The molecule has 1 aliphatic carbocycles. The maximum atomic E-state index is 13.3. The number of carbonyl (C=O) groups is 1. The zero-order valence-corrected chi connectivity index (χ0v) is 20.0. The Kier molecular flexibility index (Phi) is 7.50. The van der Waals surface area contributed by atoms with Gasteiger partial charge in [0, 0.05) is 19.1 Å². The van der Waals surface area contributed by atoms with Crippen LogP contribution < -0.4 is 4.74 Å². The van der Waals surface area contributed by atoms with Gasteiger partial charge < -0.3 is 9.64 Å². The van der Waals surface area contributed by atoms with E-state index in [-0.39, 0.29) is 11.9 Å². The van der Waals surface area contributed by atoms with Crippen molar-refractivity contribution in [3.63, 3.8) is 0 Å². The molecule has 4 rings (SSSR count). The molecule has 1 saturated carbocycles. The smallest absolute Gasteiger partial charge is 0.233 e. The first kappa shape index (κ1) is 23.1. The normalized spacial score (nSPS) is 14.0. The number of carbonyl (C=O) groups excluding carboxylic acids is 1. The van der Waals surface area contributed by atoms with E-state index in [1.54, 1.807) is 7.11 Å². The summed E-state index contributed by atoms with van der Waals surface area (Å²) in [5.41, 5.74) is 2.01. The highest BCUT2D eigenvalue weighted by atomic mass is 32.2. The average molecular weight is 463 g/mol. The second-order valence-electron chi connectivity index (χ2n) is 8.28. The van der Waals surface area contributed by atoms with Crippen LogP contribution in [0.25, 0.3) is 11.4 Å². The topological polar surface area (TPSA) is 60.2 Å². The van der Waals surface area contributed by atoms with Gasteiger partial charge in [0.25, 0.3) is 0 Å². The third-order valence-corrected chi connectivity index (χ3v) is 6.96. The molecule has 0 saturated heterocycles. The minimum absolute atomic E-state index is 0.121. The Morgan fingerprint density at radius 3 is 2.64 bits per heavy atom. The predicted molar refractivity (Wildman–Crippen MR) is 132 cm³/mol. The number of para-hydroxylation sites is 1. The van der Waals surface area contributed by atoms with Crippen molar-refractivity contribution in [1.82, 2.24) is 19.7 Å². The number of ether oxygens (including phenoxy) is 1. The highest BCUT2D eigenvalue weighted by Crippen LogP contribution is 2.36. The maximum Gasteiger partial charge on any atom is 0.233 e. The summed E-state index contributed by atoms with van der Waals surface area (Å²) in [4.78, 5) is 15.4. The molecule has 1 fully saturated rings. The molecule has 6 nitrogen and oxygen atoms in total. The first-order valence-electron chi connectivity index (χ1n) is 11.3. The molecular weight excluding hydrogens is 432 g/mol. The molecule has 3 aromatic rings. The second kappa shape index (κ2) is 10.7. The molecule has 0 aliphatic heterocycles. The summed E-state index contributed by atoms with van der Waals surface area (Å²) in [6.07, 6.45) is 4.21. The van der Waals surface area contributed by atoms with Gasteiger partial charge in [0.15, 0.2) is 11.0 Å². The lowest BCUT2D eigenvalue weighted by Gasteiger charge is -2.29. The molecule has 0 radical (unpaired) electrons. The van der Waals surface area contributed by atoms with Crippen LogP contribution in [0.1, 0.15) is 25.3 Å². The van der Waals surface area contributed by atoms with E-state index in [9.17, 15) is 4.79 Å². The summed E-state index contributed by atoms with van der Waals surface area (Å²) in [5, 5.41) is 9.51. The molecule has 0 spiro atoms. The third-order valence-electron chi connectivity index (χ3n) is 6.01. The number of methoxy groups -OCH3 is 1.